The number of aromatic nitrogens is 3. The van der Waals surface area contributed by atoms with Gasteiger partial charge in [0.05, 0.1) is 11.2 Å². The molecule has 0 aliphatic carbocycles. The maximum atomic E-state index is 13.9. The number of nitrogens with one attached hydrogen (secondary N) is 2. The number of hydrogen-bond donors (Lipinski definition) is 2. The molecular formula is C19H13BrF2N4O2. The van der Waals surface area contributed by atoms with Gasteiger partial charge in [-0.15, -0.1) is 0 Å². The first kappa shape index (κ1) is 18.3. The van der Waals surface area contributed by atoms with Gasteiger partial charge in [0.1, 0.15) is 23.8 Å². The van der Waals surface area contributed by atoms with Crippen LogP contribution >= 0.6 is 15.9 Å². The van der Waals surface area contributed by atoms with Crippen LogP contribution in [-0.2, 0) is 6.42 Å². The summed E-state index contributed by atoms with van der Waals surface area (Å²) in [6.45, 7) is 0.289. The van der Waals surface area contributed by atoms with Crippen LogP contribution in [-0.4, -0.2) is 21.5 Å². The smallest absolute Gasteiger partial charge is 0.408 e. The van der Waals surface area contributed by atoms with E-state index >= 15 is 0 Å². The second-order valence-corrected chi connectivity index (χ2v) is 6.95. The Hall–Kier alpha value is -3.07. The van der Waals surface area contributed by atoms with Crippen molar-refractivity contribution in [3.63, 3.8) is 0 Å². The van der Waals surface area contributed by atoms with Gasteiger partial charge in [-0.05, 0) is 30.7 Å². The Morgan fingerprint density at radius 1 is 1.11 bits per heavy atom. The molecule has 142 valence electrons. The summed E-state index contributed by atoms with van der Waals surface area (Å²) in [5.41, 5.74) is 2.39. The summed E-state index contributed by atoms with van der Waals surface area (Å²) in [6, 6.07) is 9.40. The monoisotopic (exact) mass is 446 g/mol. The number of H-pyrrole nitrogens is 1. The Morgan fingerprint density at radius 3 is 2.68 bits per heavy atom. The molecule has 0 spiro atoms. The summed E-state index contributed by atoms with van der Waals surface area (Å²) >= 11 is 3.06. The first-order valence-corrected chi connectivity index (χ1v) is 9.11. The van der Waals surface area contributed by atoms with E-state index in [4.69, 9.17) is 4.42 Å². The topological polar surface area (TPSA) is 83.8 Å². The Kier molecular flexibility index (Phi) is 4.91. The number of hydrogen-bond acceptors (Lipinski definition) is 5. The number of fused-ring (bicyclic) bond motifs is 1. The van der Waals surface area contributed by atoms with Gasteiger partial charge >= 0.3 is 5.76 Å². The molecule has 2 aromatic carbocycles. The molecule has 0 radical (unpaired) electrons. The van der Waals surface area contributed by atoms with Crippen molar-refractivity contribution in [2.45, 2.75) is 6.42 Å². The van der Waals surface area contributed by atoms with Gasteiger partial charge in [-0.3, -0.25) is 4.98 Å². The van der Waals surface area contributed by atoms with E-state index in [1.807, 2.05) is 0 Å². The standard InChI is InChI=1S/C19H13BrF2N4O2/c20-11-6-13(21)12(14(22)7-11)3-4-23-18-8-16(24-9-25-18)10-1-2-15-17(5-10)28-19(27)26-15/h1-2,5-9H,3-4H2,(H,26,27)(H,23,24,25). The number of aromatic amines is 1. The van der Waals surface area contributed by atoms with Gasteiger partial charge in [0.15, 0.2) is 5.58 Å². The van der Waals surface area contributed by atoms with Crippen molar-refractivity contribution in [1.82, 2.24) is 15.0 Å². The van der Waals surface area contributed by atoms with E-state index in [1.165, 1.54) is 18.5 Å². The van der Waals surface area contributed by atoms with E-state index < -0.39 is 17.4 Å². The Balaban J connectivity index is 1.50. The lowest BCUT2D eigenvalue weighted by molar-refractivity contribution is 0.555. The minimum absolute atomic E-state index is 0.0120. The fraction of sp³-hybridized carbons (Fsp3) is 0.105. The number of nitrogens with zero attached hydrogens (tertiary/aromatic N) is 2. The number of anilines is 1. The first-order chi connectivity index (χ1) is 13.5. The average molecular weight is 447 g/mol. The summed E-state index contributed by atoms with van der Waals surface area (Å²) in [6.07, 6.45) is 1.54. The zero-order valence-corrected chi connectivity index (χ0v) is 15.9. The van der Waals surface area contributed by atoms with Gasteiger partial charge in [0, 0.05) is 28.2 Å². The van der Waals surface area contributed by atoms with E-state index in [0.29, 0.717) is 27.1 Å². The van der Waals surface area contributed by atoms with E-state index in [1.54, 1.807) is 24.3 Å². The van der Waals surface area contributed by atoms with Gasteiger partial charge in [-0.2, -0.15) is 0 Å². The summed E-state index contributed by atoms with van der Waals surface area (Å²) in [7, 11) is 0. The molecule has 28 heavy (non-hydrogen) atoms. The summed E-state index contributed by atoms with van der Waals surface area (Å²) in [5.74, 6) is -1.21. The van der Waals surface area contributed by atoms with Crippen LogP contribution in [0.5, 0.6) is 0 Å². The van der Waals surface area contributed by atoms with E-state index in [9.17, 15) is 13.6 Å². The molecule has 0 atom stereocenters. The van der Waals surface area contributed by atoms with Crippen molar-refractivity contribution in [2.24, 2.45) is 0 Å². The fourth-order valence-electron chi connectivity index (χ4n) is 2.84. The highest BCUT2D eigenvalue weighted by Crippen LogP contribution is 2.23. The predicted octanol–water partition coefficient (Wildman–Crippen LogP) is 4.27. The van der Waals surface area contributed by atoms with Crippen LogP contribution in [0.2, 0.25) is 0 Å². The van der Waals surface area contributed by atoms with Crippen molar-refractivity contribution in [3.05, 3.63) is 74.9 Å². The average Bonchev–Trinajstić information content (AvgIpc) is 3.03. The number of halogens is 3. The SMILES string of the molecule is O=c1[nH]c2ccc(-c3cc(NCCc4c(F)cc(Br)cc4F)ncn3)cc2o1. The van der Waals surface area contributed by atoms with Gasteiger partial charge in [0.25, 0.3) is 0 Å². The molecule has 4 rings (SSSR count). The number of benzene rings is 2. The van der Waals surface area contributed by atoms with Crippen molar-refractivity contribution in [1.29, 1.82) is 0 Å². The number of oxazole rings is 1. The molecule has 0 unspecified atom stereocenters. The van der Waals surface area contributed by atoms with Gasteiger partial charge in [0.2, 0.25) is 0 Å². The van der Waals surface area contributed by atoms with Crippen LogP contribution in [0.4, 0.5) is 14.6 Å². The second-order valence-electron chi connectivity index (χ2n) is 6.04. The van der Waals surface area contributed by atoms with Crippen LogP contribution < -0.4 is 11.1 Å². The van der Waals surface area contributed by atoms with Crippen molar-refractivity contribution >= 4 is 32.8 Å². The first-order valence-electron chi connectivity index (χ1n) is 8.32. The minimum Gasteiger partial charge on any atom is -0.408 e. The van der Waals surface area contributed by atoms with Crippen molar-refractivity contribution in [2.75, 3.05) is 11.9 Å². The van der Waals surface area contributed by atoms with Crippen LogP contribution in [0.15, 0.2) is 56.4 Å². The van der Waals surface area contributed by atoms with E-state index in [2.05, 4.69) is 36.2 Å². The largest absolute Gasteiger partial charge is 0.417 e. The summed E-state index contributed by atoms with van der Waals surface area (Å²) in [4.78, 5) is 22.2. The van der Waals surface area contributed by atoms with Gasteiger partial charge < -0.3 is 9.73 Å². The molecule has 4 aromatic rings. The highest BCUT2D eigenvalue weighted by Gasteiger charge is 2.11. The zero-order valence-electron chi connectivity index (χ0n) is 14.3. The Bertz CT molecular complexity index is 1200. The minimum atomic E-state index is -0.599. The van der Waals surface area contributed by atoms with E-state index in [0.717, 1.165) is 5.56 Å². The lowest BCUT2D eigenvalue weighted by Crippen LogP contribution is -2.09. The van der Waals surface area contributed by atoms with Crippen molar-refractivity contribution < 1.29 is 13.2 Å². The fourth-order valence-corrected chi connectivity index (χ4v) is 3.25. The van der Waals surface area contributed by atoms with Crippen LogP contribution in [0, 0.1) is 11.6 Å². The predicted molar refractivity (Wildman–Crippen MR) is 104 cm³/mol. The van der Waals surface area contributed by atoms with E-state index in [-0.39, 0.29) is 18.5 Å². The van der Waals surface area contributed by atoms with Crippen LogP contribution in [0.1, 0.15) is 5.56 Å². The molecule has 0 fully saturated rings. The second kappa shape index (κ2) is 7.51. The van der Waals surface area contributed by atoms with Crippen LogP contribution in [0.25, 0.3) is 22.4 Å². The third-order valence-electron chi connectivity index (χ3n) is 4.17. The normalized spacial score (nSPS) is 11.1. The molecule has 0 saturated heterocycles. The lowest BCUT2D eigenvalue weighted by Gasteiger charge is -2.09. The molecule has 2 N–H and O–H groups in total. The molecule has 6 nitrogen and oxygen atoms in total. The Morgan fingerprint density at radius 2 is 1.89 bits per heavy atom. The molecule has 9 heteroatoms. The molecule has 0 aliphatic heterocycles. The van der Waals surface area contributed by atoms with Gasteiger partial charge in [-0.1, -0.05) is 22.0 Å². The molecular weight excluding hydrogens is 434 g/mol. The van der Waals surface area contributed by atoms with Gasteiger partial charge in [-0.25, -0.2) is 23.5 Å². The molecule has 0 saturated carbocycles. The number of rotatable bonds is 5. The molecule has 0 aliphatic rings. The zero-order chi connectivity index (χ0) is 19.7. The van der Waals surface area contributed by atoms with Crippen LogP contribution in [0.3, 0.4) is 0 Å². The third-order valence-corrected chi connectivity index (χ3v) is 4.63. The maximum Gasteiger partial charge on any atom is 0.417 e. The Labute approximate surface area is 165 Å². The quantitative estimate of drug-likeness (QED) is 0.478. The summed E-state index contributed by atoms with van der Waals surface area (Å²) in [5, 5.41) is 3.04. The van der Waals surface area contributed by atoms with Crippen molar-refractivity contribution in [3.8, 4) is 11.3 Å². The lowest BCUT2D eigenvalue weighted by atomic mass is 10.1. The highest BCUT2D eigenvalue weighted by molar-refractivity contribution is 9.10. The highest BCUT2D eigenvalue weighted by atomic mass is 79.9. The third kappa shape index (κ3) is 3.79. The summed E-state index contributed by atoms with van der Waals surface area (Å²) < 4.78 is 33.2. The molecule has 0 bridgehead atoms. The molecule has 2 aromatic heterocycles. The molecule has 2 heterocycles. The maximum absolute atomic E-state index is 13.9. The molecule has 0 amide bonds.